The fourth-order valence-corrected chi connectivity index (χ4v) is 3.22. The number of aromatic hydroxyl groups is 1. The zero-order valence-electron chi connectivity index (χ0n) is 14.9. The molecule has 0 aliphatic rings. The highest BCUT2D eigenvalue weighted by molar-refractivity contribution is 6.38. The van der Waals surface area contributed by atoms with E-state index >= 15 is 0 Å². The van der Waals surface area contributed by atoms with Crippen molar-refractivity contribution in [2.45, 2.75) is 13.5 Å². The van der Waals surface area contributed by atoms with Gasteiger partial charge in [-0.3, -0.25) is 0 Å². The summed E-state index contributed by atoms with van der Waals surface area (Å²) in [5.41, 5.74) is 2.02. The van der Waals surface area contributed by atoms with Crippen molar-refractivity contribution >= 4 is 28.5 Å². The third-order valence-corrected chi connectivity index (χ3v) is 4.34. The summed E-state index contributed by atoms with van der Waals surface area (Å²) in [6, 6.07) is 11.0. The Morgan fingerprint density at radius 2 is 1.96 bits per heavy atom. The van der Waals surface area contributed by atoms with E-state index < -0.39 is 5.97 Å². The molecule has 0 fully saturated rings. The number of nitrogens with zero attached hydrogens (tertiary/aromatic N) is 1. The maximum Gasteiger partial charge on any atom is 0.342 e. The largest absolute Gasteiger partial charge is 0.506 e. The van der Waals surface area contributed by atoms with Crippen LogP contribution in [0.15, 0.2) is 40.8 Å². The first kappa shape index (κ1) is 18.3. The molecule has 1 heterocycles. The van der Waals surface area contributed by atoms with Gasteiger partial charge in [0.25, 0.3) is 0 Å². The molecule has 6 heteroatoms. The second-order valence-electron chi connectivity index (χ2n) is 6.20. The summed E-state index contributed by atoms with van der Waals surface area (Å²) < 4.78 is 11.2. The minimum absolute atomic E-state index is 0.0566. The number of halogens is 1. The lowest BCUT2D eigenvalue weighted by atomic mass is 10.0. The Morgan fingerprint density at radius 3 is 2.58 bits per heavy atom. The van der Waals surface area contributed by atoms with Crippen LogP contribution in [0.25, 0.3) is 22.3 Å². The molecule has 0 aliphatic heterocycles. The number of rotatable bonds is 5. The van der Waals surface area contributed by atoms with Crippen LogP contribution < -0.4 is 0 Å². The quantitative estimate of drug-likeness (QED) is 0.657. The summed E-state index contributed by atoms with van der Waals surface area (Å²) >= 11 is 6.43. The summed E-state index contributed by atoms with van der Waals surface area (Å²) in [6.07, 6.45) is 0. The molecule has 0 saturated carbocycles. The summed E-state index contributed by atoms with van der Waals surface area (Å²) in [7, 11) is 3.78. The molecule has 0 atom stereocenters. The van der Waals surface area contributed by atoms with Crippen LogP contribution in [0.2, 0.25) is 5.02 Å². The van der Waals surface area contributed by atoms with Gasteiger partial charge >= 0.3 is 5.97 Å². The van der Waals surface area contributed by atoms with Crippen LogP contribution in [0.3, 0.4) is 0 Å². The number of furan rings is 1. The number of esters is 1. The Kier molecular flexibility index (Phi) is 5.20. The van der Waals surface area contributed by atoms with Crippen LogP contribution in [0.4, 0.5) is 0 Å². The first-order chi connectivity index (χ1) is 12.4. The predicted molar refractivity (Wildman–Crippen MR) is 102 cm³/mol. The van der Waals surface area contributed by atoms with E-state index in [1.165, 1.54) is 0 Å². The molecule has 26 heavy (non-hydrogen) atoms. The molecule has 0 saturated heterocycles. The van der Waals surface area contributed by atoms with Gasteiger partial charge in [-0.2, -0.15) is 0 Å². The Labute approximate surface area is 156 Å². The van der Waals surface area contributed by atoms with Crippen LogP contribution in [-0.4, -0.2) is 36.7 Å². The van der Waals surface area contributed by atoms with Crippen molar-refractivity contribution in [1.29, 1.82) is 0 Å². The molecular formula is C20H20ClNO4. The minimum atomic E-state index is -0.535. The van der Waals surface area contributed by atoms with E-state index in [-0.39, 0.29) is 22.9 Å². The molecule has 0 unspecified atom stereocenters. The predicted octanol–water partition coefficient (Wildman–Crippen LogP) is 4.70. The fraction of sp³-hybridized carbons (Fsp3) is 0.250. The van der Waals surface area contributed by atoms with Crippen LogP contribution in [0.1, 0.15) is 22.8 Å². The van der Waals surface area contributed by atoms with E-state index in [1.807, 2.05) is 49.3 Å². The topological polar surface area (TPSA) is 62.9 Å². The lowest BCUT2D eigenvalue weighted by Gasteiger charge is -2.12. The molecule has 0 bridgehead atoms. The number of phenols is 1. The monoisotopic (exact) mass is 373 g/mol. The van der Waals surface area contributed by atoms with Gasteiger partial charge in [0.2, 0.25) is 0 Å². The van der Waals surface area contributed by atoms with Gasteiger partial charge in [-0.15, -0.1) is 0 Å². The second kappa shape index (κ2) is 7.40. The molecule has 0 aliphatic carbocycles. The van der Waals surface area contributed by atoms with Crippen molar-refractivity contribution in [3.05, 3.63) is 52.5 Å². The van der Waals surface area contributed by atoms with E-state index in [1.54, 1.807) is 13.0 Å². The van der Waals surface area contributed by atoms with Crippen molar-refractivity contribution in [1.82, 2.24) is 4.90 Å². The summed E-state index contributed by atoms with van der Waals surface area (Å²) in [6.45, 7) is 2.44. The van der Waals surface area contributed by atoms with Crippen LogP contribution in [0.5, 0.6) is 5.75 Å². The summed E-state index contributed by atoms with van der Waals surface area (Å²) in [5, 5.41) is 11.0. The highest BCUT2D eigenvalue weighted by atomic mass is 35.5. The molecular weight excluding hydrogens is 354 g/mol. The number of benzene rings is 2. The molecule has 0 spiro atoms. The maximum absolute atomic E-state index is 12.6. The number of carbonyl (C=O) groups is 1. The van der Waals surface area contributed by atoms with Crippen molar-refractivity contribution in [3.63, 3.8) is 0 Å². The van der Waals surface area contributed by atoms with Crippen LogP contribution >= 0.6 is 11.6 Å². The standard InChI is InChI=1S/C20H20ClNO4/c1-4-25-20(24)16-15-14(26-19(16)12-8-6-5-7-9-12)10-13(11-22(2)3)18(23)17(15)21/h5-10,23H,4,11H2,1-3H3. The van der Waals surface area contributed by atoms with E-state index in [0.717, 1.165) is 5.56 Å². The third kappa shape index (κ3) is 3.28. The number of ether oxygens (including phenoxy) is 1. The molecule has 2 aromatic carbocycles. The zero-order valence-corrected chi connectivity index (χ0v) is 15.6. The van der Waals surface area contributed by atoms with E-state index in [9.17, 15) is 9.90 Å². The number of carbonyl (C=O) groups excluding carboxylic acids is 1. The first-order valence-electron chi connectivity index (χ1n) is 8.28. The van der Waals surface area contributed by atoms with Crippen molar-refractivity contribution < 1.29 is 19.1 Å². The first-order valence-corrected chi connectivity index (χ1v) is 8.66. The number of fused-ring (bicyclic) bond motifs is 1. The third-order valence-electron chi connectivity index (χ3n) is 3.97. The smallest absolute Gasteiger partial charge is 0.342 e. The van der Waals surface area contributed by atoms with Crippen molar-refractivity contribution in [3.8, 4) is 17.1 Å². The normalized spacial score (nSPS) is 11.3. The highest BCUT2D eigenvalue weighted by Crippen LogP contribution is 2.43. The molecule has 3 aromatic rings. The molecule has 1 N–H and O–H groups in total. The highest BCUT2D eigenvalue weighted by Gasteiger charge is 2.27. The van der Waals surface area contributed by atoms with Crippen LogP contribution in [-0.2, 0) is 11.3 Å². The number of phenolic OH excluding ortho intramolecular Hbond substituents is 1. The lowest BCUT2D eigenvalue weighted by Crippen LogP contribution is -2.11. The van der Waals surface area contributed by atoms with E-state index in [0.29, 0.717) is 28.8 Å². The van der Waals surface area contributed by atoms with Gasteiger partial charge in [0, 0.05) is 17.7 Å². The van der Waals surface area contributed by atoms with E-state index in [4.69, 9.17) is 20.8 Å². The van der Waals surface area contributed by atoms with Crippen molar-refractivity contribution in [2.24, 2.45) is 0 Å². The lowest BCUT2D eigenvalue weighted by molar-refractivity contribution is 0.0529. The van der Waals surface area contributed by atoms with Gasteiger partial charge in [-0.05, 0) is 27.1 Å². The van der Waals surface area contributed by atoms with Crippen LogP contribution in [0, 0.1) is 0 Å². The van der Waals surface area contributed by atoms with Gasteiger partial charge < -0.3 is 19.2 Å². The zero-order chi connectivity index (χ0) is 18.8. The summed E-state index contributed by atoms with van der Waals surface area (Å²) in [4.78, 5) is 14.5. The van der Waals surface area contributed by atoms with Gasteiger partial charge in [0.05, 0.1) is 17.0 Å². The van der Waals surface area contributed by atoms with Gasteiger partial charge in [-0.25, -0.2) is 4.79 Å². The number of hydrogen-bond donors (Lipinski definition) is 1. The number of hydrogen-bond acceptors (Lipinski definition) is 5. The molecule has 0 radical (unpaired) electrons. The average Bonchev–Trinajstić information content (AvgIpc) is 2.99. The molecule has 0 amide bonds. The second-order valence-corrected chi connectivity index (χ2v) is 6.58. The fourth-order valence-electron chi connectivity index (χ4n) is 2.91. The van der Waals surface area contributed by atoms with Gasteiger partial charge in [0.1, 0.15) is 22.7 Å². The SMILES string of the molecule is CCOC(=O)c1c(-c2ccccc2)oc2cc(CN(C)C)c(O)c(Cl)c12. The van der Waals surface area contributed by atoms with Gasteiger partial charge in [-0.1, -0.05) is 41.9 Å². The molecule has 5 nitrogen and oxygen atoms in total. The summed E-state index contributed by atoms with van der Waals surface area (Å²) in [5.74, 6) is -0.215. The molecule has 1 aromatic heterocycles. The van der Waals surface area contributed by atoms with Gasteiger partial charge in [0.15, 0.2) is 0 Å². The Morgan fingerprint density at radius 1 is 1.27 bits per heavy atom. The maximum atomic E-state index is 12.6. The van der Waals surface area contributed by atoms with Crippen molar-refractivity contribution in [2.75, 3.05) is 20.7 Å². The Balaban J connectivity index is 2.31. The average molecular weight is 374 g/mol. The molecule has 136 valence electrons. The minimum Gasteiger partial charge on any atom is -0.506 e. The Bertz CT molecular complexity index is 948. The molecule has 3 rings (SSSR count). The Hall–Kier alpha value is -2.50. The van der Waals surface area contributed by atoms with E-state index in [2.05, 4.69) is 0 Å².